The summed E-state index contributed by atoms with van der Waals surface area (Å²) in [6.45, 7) is 5.59. The number of amides is 1. The van der Waals surface area contributed by atoms with Crippen LogP contribution in [0.5, 0.6) is 5.88 Å². The van der Waals surface area contributed by atoms with Crippen LogP contribution in [0.25, 0.3) is 0 Å². The molecule has 4 nitrogen and oxygen atoms in total. The van der Waals surface area contributed by atoms with Gasteiger partial charge in [0.15, 0.2) is 0 Å². The fourth-order valence-electron chi connectivity index (χ4n) is 2.75. The number of carbonyl (C=O) groups is 1. The summed E-state index contributed by atoms with van der Waals surface area (Å²) in [7, 11) is 0. The number of aromatic nitrogens is 1. The first-order valence-electron chi connectivity index (χ1n) is 7.75. The Kier molecular flexibility index (Phi) is 3.95. The summed E-state index contributed by atoms with van der Waals surface area (Å²) in [5, 5.41) is 0. The van der Waals surface area contributed by atoms with Gasteiger partial charge in [0.2, 0.25) is 5.88 Å². The van der Waals surface area contributed by atoms with Gasteiger partial charge in [-0.05, 0) is 45.6 Å². The minimum absolute atomic E-state index is 0.0819. The fourth-order valence-corrected chi connectivity index (χ4v) is 2.75. The molecule has 0 radical (unpaired) electrons. The third-order valence-electron chi connectivity index (χ3n) is 3.99. The van der Waals surface area contributed by atoms with E-state index in [0.717, 1.165) is 25.9 Å². The number of rotatable bonds is 3. The molecule has 1 amide bonds. The van der Waals surface area contributed by atoms with Crippen molar-refractivity contribution in [2.45, 2.75) is 45.6 Å². The third-order valence-corrected chi connectivity index (χ3v) is 3.99. The Labute approximate surface area is 125 Å². The summed E-state index contributed by atoms with van der Waals surface area (Å²) < 4.78 is 5.50. The molecule has 1 saturated carbocycles. The molecule has 3 rings (SSSR count). The highest BCUT2D eigenvalue weighted by molar-refractivity contribution is 5.94. The van der Waals surface area contributed by atoms with E-state index in [9.17, 15) is 4.79 Å². The van der Waals surface area contributed by atoms with Gasteiger partial charge in [-0.2, -0.15) is 0 Å². The molecule has 1 aromatic heterocycles. The second kappa shape index (κ2) is 5.88. The van der Waals surface area contributed by atoms with E-state index in [-0.39, 0.29) is 12.0 Å². The van der Waals surface area contributed by atoms with Crippen LogP contribution in [-0.4, -0.2) is 35.0 Å². The number of likely N-dealkylation sites (tertiary alicyclic amines) is 1. The molecule has 0 atom stereocenters. The monoisotopic (exact) mass is 286 g/mol. The summed E-state index contributed by atoms with van der Waals surface area (Å²) in [5.74, 6) is 0.652. The highest BCUT2D eigenvalue weighted by Crippen LogP contribution is 2.36. The highest BCUT2D eigenvalue weighted by atomic mass is 16.5. The Morgan fingerprint density at radius 1 is 1.14 bits per heavy atom. The molecule has 1 aliphatic heterocycles. The second-order valence-corrected chi connectivity index (χ2v) is 6.05. The molecule has 1 saturated heterocycles. The Morgan fingerprint density at radius 2 is 1.81 bits per heavy atom. The van der Waals surface area contributed by atoms with Gasteiger partial charge < -0.3 is 9.64 Å². The predicted molar refractivity (Wildman–Crippen MR) is 81.4 cm³/mol. The molecule has 2 fully saturated rings. The summed E-state index contributed by atoms with van der Waals surface area (Å²) in [6.07, 6.45) is 6.37. The number of allylic oxidation sites excluding steroid dienone is 1. The summed E-state index contributed by atoms with van der Waals surface area (Å²) >= 11 is 0. The molecule has 2 heterocycles. The van der Waals surface area contributed by atoms with Crippen LogP contribution in [0, 0.1) is 0 Å². The Hall–Kier alpha value is -1.84. The van der Waals surface area contributed by atoms with Gasteiger partial charge in [-0.3, -0.25) is 4.79 Å². The van der Waals surface area contributed by atoms with Gasteiger partial charge in [-0.15, -0.1) is 0 Å². The van der Waals surface area contributed by atoms with Crippen molar-refractivity contribution in [1.82, 2.24) is 9.88 Å². The SMILES string of the molecule is CC(C)Oc1ccc(C(=O)N2CCC(=C3CC3)CC2)cn1. The summed E-state index contributed by atoms with van der Waals surface area (Å²) in [4.78, 5) is 18.6. The van der Waals surface area contributed by atoms with Crippen molar-refractivity contribution in [2.75, 3.05) is 13.1 Å². The molecule has 21 heavy (non-hydrogen) atoms. The van der Waals surface area contributed by atoms with Crippen LogP contribution in [-0.2, 0) is 0 Å². The lowest BCUT2D eigenvalue weighted by molar-refractivity contribution is 0.0743. The topological polar surface area (TPSA) is 42.4 Å². The lowest BCUT2D eigenvalue weighted by Gasteiger charge is -2.28. The number of hydrogen-bond acceptors (Lipinski definition) is 3. The second-order valence-electron chi connectivity index (χ2n) is 6.05. The molecule has 2 aliphatic rings. The van der Waals surface area contributed by atoms with E-state index in [4.69, 9.17) is 4.74 Å². The van der Waals surface area contributed by atoms with Crippen molar-refractivity contribution in [1.29, 1.82) is 0 Å². The van der Waals surface area contributed by atoms with Crippen LogP contribution in [0.15, 0.2) is 29.5 Å². The smallest absolute Gasteiger partial charge is 0.255 e. The molecule has 4 heteroatoms. The quantitative estimate of drug-likeness (QED) is 0.801. The van der Waals surface area contributed by atoms with E-state index >= 15 is 0 Å². The van der Waals surface area contributed by atoms with E-state index in [0.29, 0.717) is 11.4 Å². The molecule has 0 aromatic carbocycles. The van der Waals surface area contributed by atoms with Gasteiger partial charge in [0, 0.05) is 25.4 Å². The molecule has 0 unspecified atom stereocenters. The number of pyridine rings is 1. The summed E-state index contributed by atoms with van der Waals surface area (Å²) in [5.41, 5.74) is 3.88. The number of carbonyl (C=O) groups excluding carboxylic acids is 1. The van der Waals surface area contributed by atoms with Gasteiger partial charge >= 0.3 is 0 Å². The van der Waals surface area contributed by atoms with Crippen LogP contribution in [0.1, 0.15) is 49.9 Å². The van der Waals surface area contributed by atoms with Gasteiger partial charge in [0.05, 0.1) is 11.7 Å². The summed E-state index contributed by atoms with van der Waals surface area (Å²) in [6, 6.07) is 3.58. The zero-order valence-corrected chi connectivity index (χ0v) is 12.8. The van der Waals surface area contributed by atoms with Crippen molar-refractivity contribution in [2.24, 2.45) is 0 Å². The standard InChI is InChI=1S/C17H22N2O2/c1-12(2)21-16-6-5-15(11-18-16)17(20)19-9-7-14(8-10-19)13-3-4-13/h5-6,11-12H,3-4,7-10H2,1-2H3. The van der Waals surface area contributed by atoms with Crippen LogP contribution < -0.4 is 4.74 Å². The Morgan fingerprint density at radius 3 is 2.33 bits per heavy atom. The third kappa shape index (κ3) is 3.43. The maximum absolute atomic E-state index is 12.5. The first-order chi connectivity index (χ1) is 10.1. The molecule has 0 N–H and O–H groups in total. The zero-order chi connectivity index (χ0) is 14.8. The van der Waals surface area contributed by atoms with E-state index < -0.39 is 0 Å². The van der Waals surface area contributed by atoms with Crippen LogP contribution >= 0.6 is 0 Å². The van der Waals surface area contributed by atoms with Gasteiger partial charge in [0.25, 0.3) is 5.91 Å². The van der Waals surface area contributed by atoms with E-state index in [2.05, 4.69) is 4.98 Å². The lowest BCUT2D eigenvalue weighted by Crippen LogP contribution is -2.36. The maximum atomic E-state index is 12.5. The van der Waals surface area contributed by atoms with Gasteiger partial charge in [-0.1, -0.05) is 11.1 Å². The Balaban J connectivity index is 1.61. The van der Waals surface area contributed by atoms with Crippen LogP contribution in [0.4, 0.5) is 0 Å². The van der Waals surface area contributed by atoms with Gasteiger partial charge in [-0.25, -0.2) is 4.98 Å². The first kappa shape index (κ1) is 14.1. The molecular weight excluding hydrogens is 264 g/mol. The Bertz CT molecular complexity index is 545. The van der Waals surface area contributed by atoms with Crippen molar-refractivity contribution >= 4 is 5.91 Å². The minimum atomic E-state index is 0.0819. The van der Waals surface area contributed by atoms with Gasteiger partial charge in [0.1, 0.15) is 0 Å². The van der Waals surface area contributed by atoms with Crippen LogP contribution in [0.2, 0.25) is 0 Å². The average Bonchev–Trinajstić information content (AvgIpc) is 3.32. The van der Waals surface area contributed by atoms with E-state index in [1.807, 2.05) is 24.8 Å². The highest BCUT2D eigenvalue weighted by Gasteiger charge is 2.25. The largest absolute Gasteiger partial charge is 0.475 e. The van der Waals surface area contributed by atoms with Crippen LogP contribution in [0.3, 0.4) is 0 Å². The lowest BCUT2D eigenvalue weighted by atomic mass is 10.0. The first-order valence-corrected chi connectivity index (χ1v) is 7.75. The van der Waals surface area contributed by atoms with Crippen molar-refractivity contribution in [3.63, 3.8) is 0 Å². The molecule has 1 aliphatic carbocycles. The maximum Gasteiger partial charge on any atom is 0.255 e. The number of piperidine rings is 1. The van der Waals surface area contributed by atoms with E-state index in [1.54, 1.807) is 23.4 Å². The number of hydrogen-bond donors (Lipinski definition) is 0. The van der Waals surface area contributed by atoms with Crippen molar-refractivity contribution in [3.05, 3.63) is 35.0 Å². The normalized spacial score (nSPS) is 18.1. The molecule has 0 spiro atoms. The predicted octanol–water partition coefficient (Wildman–Crippen LogP) is 3.20. The fraction of sp³-hybridized carbons (Fsp3) is 0.529. The minimum Gasteiger partial charge on any atom is -0.475 e. The molecule has 0 bridgehead atoms. The number of ether oxygens (including phenoxy) is 1. The van der Waals surface area contributed by atoms with Crippen molar-refractivity contribution < 1.29 is 9.53 Å². The molecular formula is C17H22N2O2. The number of nitrogens with zero attached hydrogens (tertiary/aromatic N) is 2. The molecule has 112 valence electrons. The molecule has 1 aromatic rings. The van der Waals surface area contributed by atoms with E-state index in [1.165, 1.54) is 12.8 Å². The van der Waals surface area contributed by atoms with Crippen molar-refractivity contribution in [3.8, 4) is 5.88 Å². The zero-order valence-electron chi connectivity index (χ0n) is 12.8. The average molecular weight is 286 g/mol.